The number of amides is 1. The zero-order valence-corrected chi connectivity index (χ0v) is 36.1. The van der Waals surface area contributed by atoms with Crippen molar-refractivity contribution in [1.82, 2.24) is 4.90 Å². The minimum Gasteiger partial charge on any atom is -0.780 e. The summed E-state index contributed by atoms with van der Waals surface area (Å²) in [6.07, 6.45) is 10.3. The van der Waals surface area contributed by atoms with Gasteiger partial charge in [0.15, 0.2) is 6.61 Å². The molecule has 0 N–H and O–H groups in total. The Kier molecular flexibility index (Phi) is 25.0. The molecule has 0 saturated carbocycles. The molecule has 3 rings (SSSR count). The number of piperidine rings is 1. The number of ether oxygens (including phenoxy) is 1. The standard InChI is InChI=1S/C25H34N2O12P2.4Na/c1-18-10-6-3-2-4-7-11-20(26-36-17-23(28)27-12-8-5-9-13-27)14-19-15-21(38-40(30,31)32)16-22(39-41(33,34)35)24(19)25(29)37-18;;;;/h3,6-7,11,15-16,18H,2,4-5,8-10,12-14,17H2,1H3,(H2,30,31,32)(H2,33,34,35);;;;/q;4*+1/p-4/b6-3+,11-7+,26-20-;;;;/t18-;;;;/m1..../s1. The van der Waals surface area contributed by atoms with Crippen molar-refractivity contribution in [3.63, 3.8) is 0 Å². The third kappa shape index (κ3) is 18.5. The van der Waals surface area contributed by atoms with E-state index in [2.05, 4.69) is 14.2 Å². The van der Waals surface area contributed by atoms with Crippen LogP contribution in [0.2, 0.25) is 0 Å². The number of carbonyl (C=O) groups excluding carboxylic acids is 2. The Morgan fingerprint density at radius 2 is 1.58 bits per heavy atom. The summed E-state index contributed by atoms with van der Waals surface area (Å²) in [6.45, 7) is 2.44. The second-order valence-corrected chi connectivity index (χ2v) is 11.6. The number of phosphoric ester groups is 2. The summed E-state index contributed by atoms with van der Waals surface area (Å²) in [5.41, 5.74) is -0.560. The summed E-state index contributed by atoms with van der Waals surface area (Å²) in [5, 5.41) is 4.01. The van der Waals surface area contributed by atoms with E-state index in [1.165, 1.54) is 6.08 Å². The molecule has 0 aromatic heterocycles. The van der Waals surface area contributed by atoms with Gasteiger partial charge in [-0.1, -0.05) is 23.4 Å². The molecule has 2 aliphatic heterocycles. The van der Waals surface area contributed by atoms with Crippen LogP contribution >= 0.6 is 15.6 Å². The molecule has 0 bridgehead atoms. The molecule has 226 valence electrons. The maximum atomic E-state index is 13.2. The zero-order chi connectivity index (χ0) is 30.0. The van der Waals surface area contributed by atoms with Gasteiger partial charge in [-0.25, -0.2) is 4.79 Å². The van der Waals surface area contributed by atoms with Gasteiger partial charge in [-0.15, -0.1) is 0 Å². The largest absolute Gasteiger partial charge is 1.00 e. The average Bonchev–Trinajstić information content (AvgIpc) is 2.85. The van der Waals surface area contributed by atoms with Crippen molar-refractivity contribution in [2.24, 2.45) is 5.16 Å². The number of rotatable bonds is 7. The maximum absolute atomic E-state index is 13.2. The van der Waals surface area contributed by atoms with Gasteiger partial charge in [-0.3, -0.25) is 4.79 Å². The van der Waals surface area contributed by atoms with Crippen molar-refractivity contribution in [2.75, 3.05) is 19.7 Å². The summed E-state index contributed by atoms with van der Waals surface area (Å²) in [7, 11) is -11.4. The molecule has 14 nitrogen and oxygen atoms in total. The van der Waals surface area contributed by atoms with Crippen LogP contribution in [0, 0.1) is 0 Å². The van der Waals surface area contributed by atoms with Gasteiger partial charge in [-0.2, -0.15) is 0 Å². The van der Waals surface area contributed by atoms with Gasteiger partial charge in [0.1, 0.15) is 38.8 Å². The number of esters is 1. The Morgan fingerprint density at radius 1 is 0.956 bits per heavy atom. The average molecular weight is 704 g/mol. The van der Waals surface area contributed by atoms with Crippen molar-refractivity contribution in [3.8, 4) is 11.5 Å². The van der Waals surface area contributed by atoms with E-state index in [0.717, 1.165) is 25.3 Å². The monoisotopic (exact) mass is 704 g/mol. The zero-order valence-electron chi connectivity index (χ0n) is 26.3. The van der Waals surface area contributed by atoms with Crippen LogP contribution < -0.4 is 147 Å². The number of fused-ring (bicyclic) bond motifs is 1. The van der Waals surface area contributed by atoms with Gasteiger partial charge in [0, 0.05) is 32.0 Å². The Bertz CT molecular complexity index is 1300. The van der Waals surface area contributed by atoms with Crippen LogP contribution in [0.5, 0.6) is 11.5 Å². The number of hydrogen-bond acceptors (Lipinski definition) is 13. The van der Waals surface area contributed by atoms with Crippen molar-refractivity contribution >= 4 is 33.2 Å². The van der Waals surface area contributed by atoms with Gasteiger partial charge >= 0.3 is 124 Å². The van der Waals surface area contributed by atoms with Crippen LogP contribution in [0.25, 0.3) is 0 Å². The van der Waals surface area contributed by atoms with Crippen LogP contribution in [-0.4, -0.2) is 48.3 Å². The molecule has 0 spiro atoms. The number of nitrogens with zero attached hydrogens (tertiary/aromatic N) is 2. The molecule has 0 radical (unpaired) electrons. The van der Waals surface area contributed by atoms with Gasteiger partial charge in [-0.05, 0) is 56.7 Å². The second-order valence-electron chi connectivity index (χ2n) is 9.41. The van der Waals surface area contributed by atoms with E-state index < -0.39 is 44.8 Å². The van der Waals surface area contributed by atoms with Crippen LogP contribution in [0.3, 0.4) is 0 Å². The summed E-state index contributed by atoms with van der Waals surface area (Å²) in [5.74, 6) is -2.97. The van der Waals surface area contributed by atoms with Crippen molar-refractivity contribution < 1.29 is 175 Å². The number of likely N-dealkylation sites (tertiary alicyclic amines) is 1. The Morgan fingerprint density at radius 3 is 2.20 bits per heavy atom. The third-order valence-electron chi connectivity index (χ3n) is 5.99. The van der Waals surface area contributed by atoms with E-state index in [1.54, 1.807) is 24.0 Å². The van der Waals surface area contributed by atoms with Crippen molar-refractivity contribution in [3.05, 3.63) is 47.6 Å². The van der Waals surface area contributed by atoms with Gasteiger partial charge in [0.05, 0.1) is 5.71 Å². The molecule has 1 saturated heterocycles. The SMILES string of the molecule is C[C@@H]1C/C=C/CC/C=C/C(=N/OCC(=O)N2CCCCC2)Cc2cc(OP(=O)([O-])[O-])cc(OP(=O)([O-])[O-])c2C(=O)O1.[Na+].[Na+].[Na+].[Na+]. The first-order chi connectivity index (χ1) is 19.3. The number of allylic oxidation sites excluding steroid dienone is 3. The first-order valence-electron chi connectivity index (χ1n) is 12.9. The molecule has 2 heterocycles. The summed E-state index contributed by atoms with van der Waals surface area (Å²) in [6, 6.07) is 1.59. The molecular weight excluding hydrogens is 674 g/mol. The molecule has 2 aliphatic rings. The molecular formula is C25H30N2Na4O12P2. The molecule has 0 unspecified atom stereocenters. The minimum atomic E-state index is -5.79. The molecule has 0 aliphatic carbocycles. The third-order valence-corrected chi connectivity index (χ3v) is 6.85. The minimum absolute atomic E-state index is 0. The maximum Gasteiger partial charge on any atom is 1.00 e. The molecule has 45 heavy (non-hydrogen) atoms. The smallest absolute Gasteiger partial charge is 0.780 e. The molecule has 1 aromatic rings. The number of benzene rings is 1. The van der Waals surface area contributed by atoms with Gasteiger partial charge in [0.2, 0.25) is 0 Å². The fraction of sp³-hybridized carbons (Fsp3) is 0.480. The topological polar surface area (TPSA) is 213 Å². The van der Waals surface area contributed by atoms with Gasteiger partial charge < -0.3 is 52.2 Å². The Balaban J connectivity index is 0. The summed E-state index contributed by atoms with van der Waals surface area (Å²) >= 11 is 0. The normalized spacial score (nSPS) is 19.8. The first kappa shape index (κ1) is 48.1. The van der Waals surface area contributed by atoms with Crippen LogP contribution in [0.1, 0.15) is 61.4 Å². The molecule has 20 heteroatoms. The number of carbonyl (C=O) groups is 2. The second kappa shape index (κ2) is 23.4. The summed E-state index contributed by atoms with van der Waals surface area (Å²) < 4.78 is 37.0. The van der Waals surface area contributed by atoms with Crippen LogP contribution in [-0.2, 0) is 29.9 Å². The van der Waals surface area contributed by atoms with E-state index >= 15 is 0 Å². The molecule has 1 fully saturated rings. The van der Waals surface area contributed by atoms with E-state index in [9.17, 15) is 38.3 Å². The van der Waals surface area contributed by atoms with Crippen LogP contribution in [0.15, 0.2) is 41.6 Å². The predicted octanol–water partition coefficient (Wildman–Crippen LogP) is -11.1. The Labute approximate surface area is 350 Å². The quantitative estimate of drug-likeness (QED) is 0.0851. The number of cyclic esters (lactones) is 1. The van der Waals surface area contributed by atoms with E-state index in [4.69, 9.17) is 9.57 Å². The first-order valence-corrected chi connectivity index (χ1v) is 15.8. The molecule has 1 aromatic carbocycles. The molecule has 1 amide bonds. The van der Waals surface area contributed by atoms with E-state index in [1.807, 2.05) is 6.08 Å². The van der Waals surface area contributed by atoms with Crippen molar-refractivity contribution in [1.29, 1.82) is 0 Å². The van der Waals surface area contributed by atoms with Crippen LogP contribution in [0.4, 0.5) is 0 Å². The number of phosphoric acid groups is 2. The van der Waals surface area contributed by atoms with E-state index in [-0.39, 0.29) is 148 Å². The number of oxime groups is 1. The molecule has 1 atom stereocenters. The Hall–Kier alpha value is 1.01. The predicted molar refractivity (Wildman–Crippen MR) is 137 cm³/mol. The van der Waals surface area contributed by atoms with Gasteiger partial charge in [0.25, 0.3) is 5.91 Å². The fourth-order valence-electron chi connectivity index (χ4n) is 4.22. The van der Waals surface area contributed by atoms with Crippen molar-refractivity contribution in [2.45, 2.75) is 58.0 Å². The fourth-order valence-corrected chi connectivity index (χ4v) is 4.97. The van der Waals surface area contributed by atoms with E-state index in [0.29, 0.717) is 38.4 Å². The summed E-state index contributed by atoms with van der Waals surface area (Å²) in [4.78, 5) is 78.2. The number of hydrogen-bond donors (Lipinski definition) is 0.